The number of pyridine rings is 2. The maximum atomic E-state index is 10.5. The molecule has 1 amide bonds. The zero-order chi connectivity index (χ0) is 25.5. The van der Waals surface area contributed by atoms with Crippen molar-refractivity contribution in [3.05, 3.63) is 95.8 Å². The highest BCUT2D eigenvalue weighted by atomic mass is 16.1. The Morgan fingerprint density at radius 2 is 1.81 bits per heavy atom. The molecule has 0 bridgehead atoms. The first-order valence-electron chi connectivity index (χ1n) is 11.2. The molecule has 0 saturated heterocycles. The number of anilines is 1. The Labute approximate surface area is 208 Å². The smallest absolute Gasteiger partial charge is 0.271 e. The van der Waals surface area contributed by atoms with Crippen LogP contribution in [0.1, 0.15) is 34.1 Å². The van der Waals surface area contributed by atoms with E-state index in [1.54, 1.807) is 17.1 Å². The molecule has 5 aromatic rings. The first-order chi connectivity index (χ1) is 17.5. The van der Waals surface area contributed by atoms with Crippen LogP contribution in [-0.4, -0.2) is 35.6 Å². The van der Waals surface area contributed by atoms with E-state index in [4.69, 9.17) is 16.5 Å². The molecule has 9 nitrogen and oxygen atoms in total. The third kappa shape index (κ3) is 5.51. The van der Waals surface area contributed by atoms with Gasteiger partial charge in [0.05, 0.1) is 28.5 Å². The van der Waals surface area contributed by atoms with Gasteiger partial charge >= 0.3 is 0 Å². The quantitative estimate of drug-likeness (QED) is 0.381. The van der Waals surface area contributed by atoms with Gasteiger partial charge in [-0.05, 0) is 24.1 Å². The average molecular weight is 477 g/mol. The number of hydrogen-bond donors (Lipinski definition) is 2. The second kappa shape index (κ2) is 10.9. The number of rotatable bonds is 3. The molecule has 4 heterocycles. The predicted octanol–water partition coefficient (Wildman–Crippen LogP) is 3.15. The van der Waals surface area contributed by atoms with Gasteiger partial charge in [-0.1, -0.05) is 49.1 Å². The maximum absolute atomic E-state index is 10.5. The summed E-state index contributed by atoms with van der Waals surface area (Å²) >= 11 is 0. The van der Waals surface area contributed by atoms with Crippen LogP contribution in [0.4, 0.5) is 5.82 Å². The van der Waals surface area contributed by atoms with Gasteiger partial charge in [0.2, 0.25) is 0 Å². The predicted molar refractivity (Wildman–Crippen MR) is 139 cm³/mol. The molecule has 4 aromatic heterocycles. The first kappa shape index (κ1) is 24.0. The van der Waals surface area contributed by atoms with E-state index >= 15 is 0 Å². The first-order valence-corrected chi connectivity index (χ1v) is 11.2. The molecule has 0 saturated carbocycles. The highest BCUT2D eigenvalue weighted by Gasteiger charge is 2.11. The summed E-state index contributed by atoms with van der Waals surface area (Å²) in [7, 11) is 1.88. The van der Waals surface area contributed by atoms with E-state index in [1.807, 2.05) is 37.5 Å². The summed E-state index contributed by atoms with van der Waals surface area (Å²) in [6.07, 6.45) is 9.10. The van der Waals surface area contributed by atoms with Crippen molar-refractivity contribution >= 4 is 22.8 Å². The minimum Gasteiger partial charge on any atom is -0.382 e. The van der Waals surface area contributed by atoms with Gasteiger partial charge < -0.3 is 11.5 Å². The second-order valence-corrected chi connectivity index (χ2v) is 7.75. The van der Waals surface area contributed by atoms with E-state index in [-0.39, 0.29) is 11.5 Å². The zero-order valence-corrected chi connectivity index (χ0v) is 19.9. The van der Waals surface area contributed by atoms with Crippen LogP contribution in [0.5, 0.6) is 0 Å². The number of carbonyl (C=O) groups excluding carboxylic acids is 1. The lowest BCUT2D eigenvalue weighted by molar-refractivity contribution is 0.0996. The van der Waals surface area contributed by atoms with E-state index in [1.165, 1.54) is 18.0 Å². The minimum atomic E-state index is -0.661. The third-order valence-electron chi connectivity index (χ3n) is 5.23. The number of nitrogens with two attached hydrogens (primary N) is 2. The van der Waals surface area contributed by atoms with Gasteiger partial charge in [-0.15, -0.1) is 0 Å². The summed E-state index contributed by atoms with van der Waals surface area (Å²) in [5.74, 6) is 5.79. The molecule has 0 atom stereocenters. The van der Waals surface area contributed by atoms with Crippen LogP contribution in [0.2, 0.25) is 0 Å². The molecule has 0 unspecified atom stereocenters. The lowest BCUT2D eigenvalue weighted by Gasteiger charge is -2.10. The molecular formula is C27H24N8O. The number of carbonyl (C=O) groups is 1. The Balaban J connectivity index is 0.000000256. The molecule has 1 aromatic carbocycles. The molecule has 0 radical (unpaired) electrons. The van der Waals surface area contributed by atoms with Crippen molar-refractivity contribution in [3.63, 3.8) is 0 Å². The number of primary amides is 1. The Bertz CT molecular complexity index is 1580. The normalized spacial score (nSPS) is 10.2. The number of hydrogen-bond acceptors (Lipinski definition) is 7. The van der Waals surface area contributed by atoms with Crippen molar-refractivity contribution in [3.8, 4) is 23.1 Å². The molecule has 36 heavy (non-hydrogen) atoms. The molecule has 0 spiro atoms. The van der Waals surface area contributed by atoms with Crippen LogP contribution in [0.3, 0.4) is 0 Å². The van der Waals surface area contributed by atoms with Crippen molar-refractivity contribution in [1.29, 1.82) is 0 Å². The lowest BCUT2D eigenvalue weighted by Crippen LogP contribution is -2.16. The Hall–Kier alpha value is -5.10. The van der Waals surface area contributed by atoms with Crippen molar-refractivity contribution in [2.75, 3.05) is 5.73 Å². The molecule has 178 valence electrons. The highest BCUT2D eigenvalue weighted by Crippen LogP contribution is 2.26. The largest absolute Gasteiger partial charge is 0.382 e. The van der Waals surface area contributed by atoms with Crippen LogP contribution >= 0.6 is 0 Å². The SMILES string of the molecule is CCc1cc2nccc(C#Cc3cnn(C)c3)c2nc1-c1ccccc1.NC(=O)c1nccnc1N. The summed E-state index contributed by atoms with van der Waals surface area (Å²) in [5.41, 5.74) is 16.9. The standard InChI is InChI=1S/C22H18N4.C5H6N4O/c1-3-17-13-20-22(25-21(17)18-7-5-4-6-8-18)19(11-12-23-20)10-9-16-14-24-26(2)15-16;6-4-3(5(7)10)8-1-2-9-4/h4-8,11-15H,3H2,1-2H3;1-2H,(H2,6,9)(H2,7,10). The average Bonchev–Trinajstić information content (AvgIpc) is 3.32. The highest BCUT2D eigenvalue weighted by molar-refractivity contribution is 5.94. The van der Waals surface area contributed by atoms with Crippen LogP contribution in [0.15, 0.2) is 73.4 Å². The summed E-state index contributed by atoms with van der Waals surface area (Å²) in [6, 6.07) is 14.3. The molecule has 0 aliphatic rings. The van der Waals surface area contributed by atoms with Gasteiger partial charge in [-0.3, -0.25) is 14.5 Å². The zero-order valence-electron chi connectivity index (χ0n) is 19.9. The van der Waals surface area contributed by atoms with Crippen molar-refractivity contribution in [2.45, 2.75) is 13.3 Å². The monoisotopic (exact) mass is 476 g/mol. The van der Waals surface area contributed by atoms with Gasteiger partial charge in [0.1, 0.15) is 5.52 Å². The fourth-order valence-electron chi connectivity index (χ4n) is 3.49. The third-order valence-corrected chi connectivity index (χ3v) is 5.23. The van der Waals surface area contributed by atoms with Crippen LogP contribution in [-0.2, 0) is 13.5 Å². The molecule has 0 aliphatic heterocycles. The van der Waals surface area contributed by atoms with E-state index < -0.39 is 5.91 Å². The van der Waals surface area contributed by atoms with Crippen molar-refractivity contribution < 1.29 is 4.79 Å². The fourth-order valence-corrected chi connectivity index (χ4v) is 3.49. The molecular weight excluding hydrogens is 452 g/mol. The number of aromatic nitrogens is 6. The second-order valence-electron chi connectivity index (χ2n) is 7.75. The number of amides is 1. The maximum Gasteiger partial charge on any atom is 0.271 e. The van der Waals surface area contributed by atoms with Crippen LogP contribution in [0.25, 0.3) is 22.3 Å². The molecule has 0 fully saturated rings. The summed E-state index contributed by atoms with van der Waals surface area (Å²) in [6.45, 7) is 2.14. The number of nitrogens with zero attached hydrogens (tertiary/aromatic N) is 6. The minimum absolute atomic E-state index is 0.0162. The summed E-state index contributed by atoms with van der Waals surface area (Å²) < 4.78 is 1.74. The topological polar surface area (TPSA) is 138 Å². The lowest BCUT2D eigenvalue weighted by atomic mass is 10.0. The van der Waals surface area contributed by atoms with Gasteiger partial charge in [0, 0.05) is 37.4 Å². The van der Waals surface area contributed by atoms with E-state index in [0.717, 1.165) is 39.8 Å². The fraction of sp³-hybridized carbons (Fsp3) is 0.111. The van der Waals surface area contributed by atoms with Gasteiger partial charge in [0.25, 0.3) is 5.91 Å². The van der Waals surface area contributed by atoms with E-state index in [9.17, 15) is 4.79 Å². The van der Waals surface area contributed by atoms with Crippen LogP contribution in [0, 0.1) is 11.8 Å². The molecule has 9 heteroatoms. The molecule has 5 rings (SSSR count). The Morgan fingerprint density at radius 1 is 1.03 bits per heavy atom. The molecule has 0 aliphatic carbocycles. The Morgan fingerprint density at radius 3 is 2.44 bits per heavy atom. The van der Waals surface area contributed by atoms with Crippen molar-refractivity contribution in [1.82, 2.24) is 29.7 Å². The van der Waals surface area contributed by atoms with Crippen molar-refractivity contribution in [2.24, 2.45) is 12.8 Å². The summed E-state index contributed by atoms with van der Waals surface area (Å²) in [4.78, 5) is 27.1. The van der Waals surface area contributed by atoms with Gasteiger partial charge in [-0.2, -0.15) is 5.10 Å². The number of nitrogen functional groups attached to an aromatic ring is 1. The Kier molecular flexibility index (Phi) is 7.27. The van der Waals surface area contributed by atoms with E-state index in [0.29, 0.717) is 0 Å². The number of fused-ring (bicyclic) bond motifs is 1. The summed E-state index contributed by atoms with van der Waals surface area (Å²) in [5, 5.41) is 4.15. The number of aryl methyl sites for hydroxylation is 2. The molecule has 4 N–H and O–H groups in total. The van der Waals surface area contributed by atoms with Gasteiger partial charge in [-0.25, -0.2) is 15.0 Å². The number of benzene rings is 1. The van der Waals surface area contributed by atoms with E-state index in [2.05, 4.69) is 57.0 Å². The van der Waals surface area contributed by atoms with Crippen LogP contribution < -0.4 is 11.5 Å². The van der Waals surface area contributed by atoms with Gasteiger partial charge in [0.15, 0.2) is 11.5 Å².